The number of carbonyl (C=O) groups is 1. The van der Waals surface area contributed by atoms with Crippen molar-refractivity contribution in [1.29, 1.82) is 0 Å². The second-order valence-electron chi connectivity index (χ2n) is 5.46. The number of anilines is 1. The fraction of sp³-hybridized carbons (Fsp3) is 0.438. The lowest BCUT2D eigenvalue weighted by atomic mass is 10.1. The molecule has 1 atom stereocenters. The average Bonchev–Trinajstić information content (AvgIpc) is 2.85. The zero-order chi connectivity index (χ0) is 17.0. The van der Waals surface area contributed by atoms with Crippen molar-refractivity contribution in [2.75, 3.05) is 5.32 Å². The van der Waals surface area contributed by atoms with Gasteiger partial charge in [0.25, 0.3) is 0 Å². The van der Waals surface area contributed by atoms with Gasteiger partial charge in [0.2, 0.25) is 5.91 Å². The first kappa shape index (κ1) is 17.3. The number of aromatic amines is 1. The zero-order valence-corrected chi connectivity index (χ0v) is 14.7. The van der Waals surface area contributed by atoms with Crippen molar-refractivity contribution in [3.8, 4) is 0 Å². The van der Waals surface area contributed by atoms with Crippen molar-refractivity contribution in [2.45, 2.75) is 51.1 Å². The van der Waals surface area contributed by atoms with E-state index in [9.17, 15) is 9.59 Å². The Morgan fingerprint density at radius 2 is 2.17 bits per heavy atom. The second kappa shape index (κ2) is 7.50. The van der Waals surface area contributed by atoms with E-state index in [0.717, 1.165) is 23.2 Å². The number of carbonyl (C=O) groups excluding carboxylic acids is 1. The van der Waals surface area contributed by atoms with Crippen LogP contribution in [0.25, 0.3) is 0 Å². The summed E-state index contributed by atoms with van der Waals surface area (Å²) in [6, 6.07) is 5.82. The van der Waals surface area contributed by atoms with Crippen LogP contribution < -0.4 is 11.0 Å². The Kier molecular flexibility index (Phi) is 5.65. The van der Waals surface area contributed by atoms with Gasteiger partial charge in [-0.25, -0.2) is 9.89 Å². The molecule has 6 nitrogen and oxygen atoms in total. The number of aromatic nitrogens is 3. The standard InChI is InChI=1S/C16H22N4O2S/c1-5-9-20-15(22)18-19-16(20)23-12(4)14(21)17-13-8-6-7-10(2)11(13)3/h6-8,12H,5,9H2,1-4H3,(H,17,21)(H,18,22)/t12-/m0/s1. The van der Waals surface area contributed by atoms with Gasteiger partial charge in [-0.05, 0) is 44.4 Å². The number of thioether (sulfide) groups is 1. The van der Waals surface area contributed by atoms with E-state index >= 15 is 0 Å². The summed E-state index contributed by atoms with van der Waals surface area (Å²) in [4.78, 5) is 24.1. The summed E-state index contributed by atoms with van der Waals surface area (Å²) in [6.07, 6.45) is 0.829. The van der Waals surface area contributed by atoms with Gasteiger partial charge in [0, 0.05) is 12.2 Å². The third-order valence-electron chi connectivity index (χ3n) is 3.68. The van der Waals surface area contributed by atoms with E-state index in [4.69, 9.17) is 0 Å². The Morgan fingerprint density at radius 1 is 1.43 bits per heavy atom. The number of hydrogen-bond acceptors (Lipinski definition) is 4. The SMILES string of the molecule is CCCn1c(S[C@@H](C)C(=O)Nc2cccc(C)c2C)n[nH]c1=O. The third kappa shape index (κ3) is 4.04. The summed E-state index contributed by atoms with van der Waals surface area (Å²) >= 11 is 1.28. The van der Waals surface area contributed by atoms with Gasteiger partial charge in [-0.15, -0.1) is 5.10 Å². The molecule has 0 fully saturated rings. The van der Waals surface area contributed by atoms with Crippen LogP contribution in [0.1, 0.15) is 31.4 Å². The number of aryl methyl sites for hydroxylation is 1. The van der Waals surface area contributed by atoms with Gasteiger partial charge in [0.15, 0.2) is 5.16 Å². The molecule has 0 aliphatic rings. The number of hydrogen-bond donors (Lipinski definition) is 2. The number of amides is 1. The van der Waals surface area contributed by atoms with Crippen LogP contribution in [0.5, 0.6) is 0 Å². The van der Waals surface area contributed by atoms with E-state index in [2.05, 4.69) is 15.5 Å². The van der Waals surface area contributed by atoms with Crippen LogP contribution in [0.4, 0.5) is 5.69 Å². The lowest BCUT2D eigenvalue weighted by Crippen LogP contribution is -2.24. The van der Waals surface area contributed by atoms with E-state index < -0.39 is 0 Å². The number of rotatable bonds is 6. The summed E-state index contributed by atoms with van der Waals surface area (Å²) in [5.74, 6) is -0.109. The Balaban J connectivity index is 2.09. The van der Waals surface area contributed by atoms with Gasteiger partial charge in [-0.1, -0.05) is 30.8 Å². The second-order valence-corrected chi connectivity index (χ2v) is 6.77. The molecule has 0 spiro atoms. The van der Waals surface area contributed by atoms with Crippen LogP contribution in [0, 0.1) is 13.8 Å². The molecule has 2 rings (SSSR count). The van der Waals surface area contributed by atoms with Gasteiger partial charge >= 0.3 is 5.69 Å². The molecule has 1 aromatic heterocycles. The molecule has 0 bridgehead atoms. The van der Waals surface area contributed by atoms with Crippen molar-refractivity contribution in [1.82, 2.24) is 14.8 Å². The van der Waals surface area contributed by atoms with Crippen LogP contribution >= 0.6 is 11.8 Å². The van der Waals surface area contributed by atoms with Crippen LogP contribution in [-0.2, 0) is 11.3 Å². The quantitative estimate of drug-likeness (QED) is 0.796. The summed E-state index contributed by atoms with van der Waals surface area (Å²) in [7, 11) is 0. The topological polar surface area (TPSA) is 79.8 Å². The number of H-pyrrole nitrogens is 1. The van der Waals surface area contributed by atoms with Gasteiger partial charge < -0.3 is 5.32 Å². The van der Waals surface area contributed by atoms with E-state index in [1.54, 1.807) is 11.5 Å². The van der Waals surface area contributed by atoms with Crippen molar-refractivity contribution < 1.29 is 4.79 Å². The van der Waals surface area contributed by atoms with Crippen LogP contribution in [-0.4, -0.2) is 25.9 Å². The molecular formula is C16H22N4O2S. The summed E-state index contributed by atoms with van der Waals surface area (Å²) in [6.45, 7) is 8.37. The smallest absolute Gasteiger partial charge is 0.325 e. The number of nitrogens with zero attached hydrogens (tertiary/aromatic N) is 2. The molecule has 124 valence electrons. The van der Waals surface area contributed by atoms with Crippen molar-refractivity contribution in [3.05, 3.63) is 39.8 Å². The normalized spacial score (nSPS) is 12.2. The first-order chi connectivity index (χ1) is 10.9. The van der Waals surface area contributed by atoms with Crippen molar-refractivity contribution >= 4 is 23.4 Å². The first-order valence-corrected chi connectivity index (χ1v) is 8.51. The molecule has 1 aromatic carbocycles. The fourth-order valence-corrected chi connectivity index (χ4v) is 3.03. The average molecular weight is 334 g/mol. The van der Waals surface area contributed by atoms with Gasteiger partial charge in [-0.3, -0.25) is 9.36 Å². The summed E-state index contributed by atoms with van der Waals surface area (Å²) < 4.78 is 1.56. The monoisotopic (exact) mass is 334 g/mol. The van der Waals surface area contributed by atoms with Gasteiger partial charge in [0.05, 0.1) is 5.25 Å². The summed E-state index contributed by atoms with van der Waals surface area (Å²) in [5.41, 5.74) is 2.76. The van der Waals surface area contributed by atoms with E-state index in [1.165, 1.54) is 11.8 Å². The Morgan fingerprint density at radius 3 is 2.87 bits per heavy atom. The third-order valence-corrected chi connectivity index (χ3v) is 4.77. The fourth-order valence-electron chi connectivity index (χ4n) is 2.15. The lowest BCUT2D eigenvalue weighted by Gasteiger charge is -2.14. The molecule has 1 amide bonds. The highest BCUT2D eigenvalue weighted by Gasteiger charge is 2.19. The molecular weight excluding hydrogens is 312 g/mol. The summed E-state index contributed by atoms with van der Waals surface area (Å²) in [5, 5.41) is 9.57. The Labute approximate surface area is 139 Å². The highest BCUT2D eigenvalue weighted by molar-refractivity contribution is 8.00. The molecule has 2 aromatic rings. The molecule has 0 saturated heterocycles. The van der Waals surface area contributed by atoms with Crippen molar-refractivity contribution in [3.63, 3.8) is 0 Å². The molecule has 2 N–H and O–H groups in total. The minimum Gasteiger partial charge on any atom is -0.325 e. The maximum Gasteiger partial charge on any atom is 0.343 e. The van der Waals surface area contributed by atoms with Gasteiger partial charge in [-0.2, -0.15) is 0 Å². The number of nitrogens with one attached hydrogen (secondary N) is 2. The Hall–Kier alpha value is -2.02. The molecule has 0 radical (unpaired) electrons. The molecule has 0 unspecified atom stereocenters. The van der Waals surface area contributed by atoms with Crippen LogP contribution in [0.2, 0.25) is 0 Å². The van der Waals surface area contributed by atoms with Crippen LogP contribution in [0.15, 0.2) is 28.2 Å². The molecule has 0 aliphatic carbocycles. The highest BCUT2D eigenvalue weighted by atomic mass is 32.2. The molecule has 23 heavy (non-hydrogen) atoms. The zero-order valence-electron chi connectivity index (χ0n) is 13.8. The number of benzene rings is 1. The molecule has 0 aliphatic heterocycles. The largest absolute Gasteiger partial charge is 0.343 e. The maximum absolute atomic E-state index is 12.4. The minimum atomic E-state index is -0.360. The van der Waals surface area contributed by atoms with E-state index in [-0.39, 0.29) is 16.8 Å². The maximum atomic E-state index is 12.4. The molecule has 0 saturated carbocycles. The first-order valence-electron chi connectivity index (χ1n) is 7.63. The van der Waals surface area contributed by atoms with Crippen LogP contribution in [0.3, 0.4) is 0 Å². The predicted molar refractivity (Wildman–Crippen MR) is 93.0 cm³/mol. The predicted octanol–water partition coefficient (Wildman–Crippen LogP) is 2.72. The minimum absolute atomic E-state index is 0.109. The molecule has 1 heterocycles. The van der Waals surface area contributed by atoms with E-state index in [0.29, 0.717) is 11.7 Å². The lowest BCUT2D eigenvalue weighted by molar-refractivity contribution is -0.115. The highest BCUT2D eigenvalue weighted by Crippen LogP contribution is 2.23. The van der Waals surface area contributed by atoms with E-state index in [1.807, 2.05) is 39.0 Å². The Bertz CT molecular complexity index is 751. The molecule has 7 heteroatoms. The van der Waals surface area contributed by atoms with Gasteiger partial charge in [0.1, 0.15) is 0 Å². The van der Waals surface area contributed by atoms with Crippen molar-refractivity contribution in [2.24, 2.45) is 0 Å².